The average molecular weight is 460 g/mol. The second-order valence-electron chi connectivity index (χ2n) is 7.40. The van der Waals surface area contributed by atoms with Gasteiger partial charge in [-0.25, -0.2) is 8.42 Å². The molecule has 0 spiro atoms. The van der Waals surface area contributed by atoms with Gasteiger partial charge in [-0.15, -0.1) is 0 Å². The van der Waals surface area contributed by atoms with E-state index in [-0.39, 0.29) is 11.6 Å². The Labute approximate surface area is 183 Å². The Morgan fingerprint density at radius 3 is 2.41 bits per heavy atom. The van der Waals surface area contributed by atoms with Crippen LogP contribution in [0.1, 0.15) is 27.9 Å². The van der Waals surface area contributed by atoms with E-state index in [0.29, 0.717) is 36.7 Å². The van der Waals surface area contributed by atoms with Crippen LogP contribution >= 0.6 is 0 Å². The maximum Gasteiger partial charge on any atom is 0.416 e. The van der Waals surface area contributed by atoms with E-state index in [1.54, 1.807) is 41.3 Å². The van der Waals surface area contributed by atoms with Crippen molar-refractivity contribution in [1.82, 2.24) is 0 Å². The Hall–Kier alpha value is -3.33. The van der Waals surface area contributed by atoms with Crippen LogP contribution in [0.3, 0.4) is 0 Å². The van der Waals surface area contributed by atoms with Gasteiger partial charge in [0.15, 0.2) is 0 Å². The van der Waals surface area contributed by atoms with Crippen LogP contribution in [0.2, 0.25) is 0 Å². The van der Waals surface area contributed by atoms with Gasteiger partial charge in [0.25, 0.3) is 15.9 Å². The van der Waals surface area contributed by atoms with Crippen LogP contribution in [0.25, 0.3) is 0 Å². The summed E-state index contributed by atoms with van der Waals surface area (Å²) in [5.74, 6) is -0.149. The largest absolute Gasteiger partial charge is 0.416 e. The molecule has 0 aliphatic carbocycles. The molecule has 1 heterocycles. The number of benzene rings is 3. The van der Waals surface area contributed by atoms with Crippen molar-refractivity contribution in [2.24, 2.45) is 0 Å². The second kappa shape index (κ2) is 8.31. The highest BCUT2D eigenvalue weighted by molar-refractivity contribution is 7.92. The Morgan fingerprint density at radius 1 is 0.938 bits per heavy atom. The average Bonchev–Trinajstić information content (AvgIpc) is 2.78. The fraction of sp³-hybridized carbons (Fsp3) is 0.174. The first-order chi connectivity index (χ1) is 15.1. The molecule has 1 amide bonds. The summed E-state index contributed by atoms with van der Waals surface area (Å²) in [6.45, 7) is 0.538. The first-order valence-electron chi connectivity index (χ1n) is 9.85. The van der Waals surface area contributed by atoms with E-state index in [0.717, 1.165) is 23.8 Å². The molecule has 0 fully saturated rings. The fourth-order valence-electron chi connectivity index (χ4n) is 3.66. The molecule has 5 nitrogen and oxygen atoms in total. The van der Waals surface area contributed by atoms with Crippen molar-refractivity contribution in [3.63, 3.8) is 0 Å². The molecule has 0 bridgehead atoms. The number of alkyl halides is 3. The lowest BCUT2D eigenvalue weighted by Gasteiger charge is -2.30. The van der Waals surface area contributed by atoms with E-state index in [1.165, 1.54) is 6.07 Å². The summed E-state index contributed by atoms with van der Waals surface area (Å²) in [4.78, 5) is 14.1. The van der Waals surface area contributed by atoms with Crippen LogP contribution in [-0.2, 0) is 22.6 Å². The van der Waals surface area contributed by atoms with Crippen molar-refractivity contribution in [2.75, 3.05) is 16.2 Å². The molecule has 32 heavy (non-hydrogen) atoms. The highest BCUT2D eigenvalue weighted by atomic mass is 32.2. The van der Waals surface area contributed by atoms with Gasteiger partial charge in [0, 0.05) is 23.5 Å². The molecule has 0 saturated heterocycles. The topological polar surface area (TPSA) is 66.5 Å². The fourth-order valence-corrected chi connectivity index (χ4v) is 4.76. The number of hydrogen-bond donors (Lipinski definition) is 1. The number of aryl methyl sites for hydroxylation is 1. The molecule has 9 heteroatoms. The maximum atomic E-state index is 12.9. The van der Waals surface area contributed by atoms with E-state index in [9.17, 15) is 26.4 Å². The lowest BCUT2D eigenvalue weighted by Crippen LogP contribution is -2.35. The quantitative estimate of drug-likeness (QED) is 0.589. The van der Waals surface area contributed by atoms with E-state index >= 15 is 0 Å². The van der Waals surface area contributed by atoms with Crippen LogP contribution in [0.15, 0.2) is 77.7 Å². The highest BCUT2D eigenvalue weighted by Gasteiger charge is 2.32. The smallest absolute Gasteiger partial charge is 0.308 e. The summed E-state index contributed by atoms with van der Waals surface area (Å²) in [7, 11) is -4.23. The molecule has 0 atom stereocenters. The molecule has 0 unspecified atom stereocenters. The standard InChI is InChI=1S/C23H19F3N2O3S/c24-23(25,26)18-9-4-10-20(15-18)32(30,31)27-19-11-12-21-17(14-19)8-5-13-28(21)22(29)16-6-2-1-3-7-16/h1-4,6-7,9-12,14-15,27H,5,8,13H2. The molecule has 1 aliphatic rings. The summed E-state index contributed by atoms with van der Waals surface area (Å²) in [6.07, 6.45) is -3.30. The number of carbonyl (C=O) groups is 1. The van der Waals surface area contributed by atoms with Gasteiger partial charge in [-0.2, -0.15) is 13.2 Å². The van der Waals surface area contributed by atoms with Gasteiger partial charge in [-0.1, -0.05) is 24.3 Å². The lowest BCUT2D eigenvalue weighted by molar-refractivity contribution is -0.137. The zero-order chi connectivity index (χ0) is 22.9. The number of nitrogens with one attached hydrogen (secondary N) is 1. The Balaban J connectivity index is 1.60. The first-order valence-corrected chi connectivity index (χ1v) is 11.3. The van der Waals surface area contributed by atoms with Gasteiger partial charge in [0.1, 0.15) is 0 Å². The lowest BCUT2D eigenvalue weighted by atomic mass is 10.00. The molecule has 0 radical (unpaired) electrons. The van der Waals surface area contributed by atoms with Crippen LogP contribution in [0, 0.1) is 0 Å². The Bertz CT molecular complexity index is 1260. The molecule has 1 aliphatic heterocycles. The van der Waals surface area contributed by atoms with Crippen molar-refractivity contribution in [1.29, 1.82) is 0 Å². The third kappa shape index (κ3) is 4.47. The van der Waals surface area contributed by atoms with Crippen LogP contribution in [-0.4, -0.2) is 20.9 Å². The molecule has 1 N–H and O–H groups in total. The van der Waals surface area contributed by atoms with Crippen molar-refractivity contribution in [2.45, 2.75) is 23.9 Å². The predicted molar refractivity (Wildman–Crippen MR) is 115 cm³/mol. The maximum absolute atomic E-state index is 12.9. The van der Waals surface area contributed by atoms with Crippen LogP contribution in [0.4, 0.5) is 24.5 Å². The molecule has 3 aromatic carbocycles. The van der Waals surface area contributed by atoms with Crippen LogP contribution in [0.5, 0.6) is 0 Å². The third-order valence-corrected chi connectivity index (χ3v) is 6.57. The summed E-state index contributed by atoms with van der Waals surface area (Å²) < 4.78 is 66.5. The molecule has 166 valence electrons. The number of nitrogens with zero attached hydrogens (tertiary/aromatic N) is 1. The van der Waals surface area contributed by atoms with Crippen molar-refractivity contribution < 1.29 is 26.4 Å². The Morgan fingerprint density at radius 2 is 1.69 bits per heavy atom. The second-order valence-corrected chi connectivity index (χ2v) is 9.08. The van der Waals surface area contributed by atoms with Crippen molar-refractivity contribution >= 4 is 27.3 Å². The zero-order valence-corrected chi connectivity index (χ0v) is 17.6. The van der Waals surface area contributed by atoms with Gasteiger partial charge < -0.3 is 4.90 Å². The van der Waals surface area contributed by atoms with E-state index in [2.05, 4.69) is 4.72 Å². The number of anilines is 2. The Kier molecular flexibility index (Phi) is 5.68. The monoisotopic (exact) mass is 460 g/mol. The SMILES string of the molecule is O=C(c1ccccc1)N1CCCc2cc(NS(=O)(=O)c3cccc(C(F)(F)F)c3)ccc21. The van der Waals surface area contributed by atoms with Gasteiger partial charge in [0.2, 0.25) is 0 Å². The normalized spacial score (nSPS) is 14.0. The van der Waals surface area contributed by atoms with Gasteiger partial charge in [0.05, 0.1) is 10.5 Å². The molecular weight excluding hydrogens is 441 g/mol. The molecule has 3 aromatic rings. The number of halogens is 3. The molecule has 0 aromatic heterocycles. The number of rotatable bonds is 4. The molecule has 4 rings (SSSR count). The summed E-state index contributed by atoms with van der Waals surface area (Å²) >= 11 is 0. The van der Waals surface area contributed by atoms with Crippen molar-refractivity contribution in [3.8, 4) is 0 Å². The summed E-state index contributed by atoms with van der Waals surface area (Å²) in [6, 6.07) is 17.2. The van der Waals surface area contributed by atoms with Gasteiger partial charge >= 0.3 is 6.18 Å². The van der Waals surface area contributed by atoms with Crippen LogP contribution < -0.4 is 9.62 Å². The van der Waals surface area contributed by atoms with E-state index in [1.807, 2.05) is 6.07 Å². The van der Waals surface area contributed by atoms with Gasteiger partial charge in [-0.3, -0.25) is 9.52 Å². The minimum atomic E-state index is -4.65. The molecular formula is C23H19F3N2O3S. The summed E-state index contributed by atoms with van der Waals surface area (Å²) in [5.41, 5.74) is 1.20. The first kappa shape index (κ1) is 21.9. The number of hydrogen-bond acceptors (Lipinski definition) is 3. The summed E-state index contributed by atoms with van der Waals surface area (Å²) in [5, 5.41) is 0. The minimum Gasteiger partial charge on any atom is -0.308 e. The van der Waals surface area contributed by atoms with E-state index < -0.39 is 26.7 Å². The third-order valence-electron chi connectivity index (χ3n) is 5.19. The number of sulfonamides is 1. The zero-order valence-electron chi connectivity index (χ0n) is 16.8. The van der Waals surface area contributed by atoms with Gasteiger partial charge in [-0.05, 0) is 66.9 Å². The predicted octanol–water partition coefficient (Wildman–Crippen LogP) is 5.10. The minimum absolute atomic E-state index is 0.149. The number of carbonyl (C=O) groups excluding carboxylic acids is 1. The van der Waals surface area contributed by atoms with E-state index in [4.69, 9.17) is 0 Å². The molecule has 0 saturated carbocycles. The van der Waals surface area contributed by atoms with Crippen molar-refractivity contribution in [3.05, 3.63) is 89.5 Å². The number of amides is 1. The highest BCUT2D eigenvalue weighted by Crippen LogP contribution is 2.33. The number of fused-ring (bicyclic) bond motifs is 1.